The third-order valence-corrected chi connectivity index (χ3v) is 6.03. The van der Waals surface area contributed by atoms with Crippen LogP contribution in [0.25, 0.3) is 5.69 Å². The minimum absolute atomic E-state index is 0.0391. The molecular formula is C25H28FN3O3. The molecule has 0 atom stereocenters. The summed E-state index contributed by atoms with van der Waals surface area (Å²) in [5.74, 6) is 0.867. The number of amides is 1. The Labute approximate surface area is 187 Å². The van der Waals surface area contributed by atoms with Crippen LogP contribution in [0.4, 0.5) is 4.39 Å². The van der Waals surface area contributed by atoms with Gasteiger partial charge in [0.1, 0.15) is 24.0 Å². The average Bonchev–Trinajstić information content (AvgIpc) is 3.23. The summed E-state index contributed by atoms with van der Waals surface area (Å²) in [6.45, 7) is 3.18. The van der Waals surface area contributed by atoms with E-state index >= 15 is 0 Å². The molecule has 3 aromatic rings. The Morgan fingerprint density at radius 2 is 1.91 bits per heavy atom. The number of aryl methyl sites for hydroxylation is 1. The minimum atomic E-state index is -0.799. The Hall–Kier alpha value is -3.19. The average molecular weight is 438 g/mol. The van der Waals surface area contributed by atoms with Crippen molar-refractivity contribution in [3.63, 3.8) is 0 Å². The van der Waals surface area contributed by atoms with Crippen molar-refractivity contribution >= 4 is 5.91 Å². The van der Waals surface area contributed by atoms with Gasteiger partial charge < -0.3 is 18.9 Å². The van der Waals surface area contributed by atoms with E-state index < -0.39 is 11.2 Å². The Balaban J connectivity index is 1.54. The van der Waals surface area contributed by atoms with E-state index in [9.17, 15) is 9.18 Å². The first-order chi connectivity index (χ1) is 15.4. The molecule has 1 aliphatic heterocycles. The second kappa shape index (κ2) is 9.12. The summed E-state index contributed by atoms with van der Waals surface area (Å²) in [5.41, 5.74) is 1.81. The molecule has 0 radical (unpaired) electrons. The Morgan fingerprint density at radius 3 is 2.53 bits per heavy atom. The van der Waals surface area contributed by atoms with Gasteiger partial charge in [0.2, 0.25) is 5.91 Å². The first-order valence-corrected chi connectivity index (χ1v) is 10.7. The third kappa shape index (κ3) is 4.39. The van der Waals surface area contributed by atoms with E-state index in [0.717, 1.165) is 17.1 Å². The number of hydrogen-bond donors (Lipinski definition) is 0. The predicted molar refractivity (Wildman–Crippen MR) is 119 cm³/mol. The number of nitrogens with zero attached hydrogens (tertiary/aromatic N) is 3. The summed E-state index contributed by atoms with van der Waals surface area (Å²) in [6, 6.07) is 12.5. The minimum Gasteiger partial charge on any atom is -0.489 e. The molecule has 1 amide bonds. The van der Waals surface area contributed by atoms with Gasteiger partial charge in [-0.1, -0.05) is 12.1 Å². The van der Waals surface area contributed by atoms with Crippen molar-refractivity contribution in [1.29, 1.82) is 0 Å². The number of carbonyl (C=O) groups is 1. The highest BCUT2D eigenvalue weighted by Crippen LogP contribution is 2.38. The molecule has 0 spiro atoms. The Morgan fingerprint density at radius 1 is 1.19 bits per heavy atom. The second-order valence-electron chi connectivity index (χ2n) is 8.37. The summed E-state index contributed by atoms with van der Waals surface area (Å²) in [7, 11) is 3.45. The van der Waals surface area contributed by atoms with Crippen LogP contribution in [-0.2, 0) is 21.6 Å². The zero-order valence-corrected chi connectivity index (χ0v) is 18.7. The first kappa shape index (κ1) is 22.0. The largest absolute Gasteiger partial charge is 0.489 e. The van der Waals surface area contributed by atoms with Crippen molar-refractivity contribution in [1.82, 2.24) is 14.5 Å². The summed E-state index contributed by atoms with van der Waals surface area (Å²) in [5, 5.41) is 0. The number of hydrogen-bond acceptors (Lipinski definition) is 4. The second-order valence-corrected chi connectivity index (χ2v) is 8.37. The lowest BCUT2D eigenvalue weighted by atomic mass is 9.73. The topological polar surface area (TPSA) is 56.6 Å². The van der Waals surface area contributed by atoms with E-state index in [1.54, 1.807) is 31.3 Å². The molecule has 1 fully saturated rings. The van der Waals surface area contributed by atoms with Crippen LogP contribution in [-0.4, -0.2) is 47.7 Å². The van der Waals surface area contributed by atoms with Crippen molar-refractivity contribution < 1.29 is 18.7 Å². The van der Waals surface area contributed by atoms with E-state index in [1.165, 1.54) is 12.1 Å². The van der Waals surface area contributed by atoms with Crippen LogP contribution in [0, 0.1) is 12.7 Å². The van der Waals surface area contributed by atoms with Gasteiger partial charge in [0.15, 0.2) is 0 Å². The van der Waals surface area contributed by atoms with Gasteiger partial charge in [0, 0.05) is 51.5 Å². The lowest BCUT2D eigenvalue weighted by molar-refractivity contribution is -0.138. The molecule has 4 rings (SSSR count). The highest BCUT2D eigenvalue weighted by Gasteiger charge is 2.43. The van der Waals surface area contributed by atoms with E-state index in [1.807, 2.05) is 42.0 Å². The van der Waals surface area contributed by atoms with Crippen molar-refractivity contribution in [2.45, 2.75) is 31.8 Å². The number of imidazole rings is 1. The highest BCUT2D eigenvalue weighted by molar-refractivity contribution is 5.88. The molecular weight excluding hydrogens is 409 g/mol. The monoisotopic (exact) mass is 437 g/mol. The van der Waals surface area contributed by atoms with Crippen LogP contribution in [0.2, 0.25) is 0 Å². The van der Waals surface area contributed by atoms with Crippen LogP contribution in [0.3, 0.4) is 0 Å². The molecule has 168 valence electrons. The van der Waals surface area contributed by atoms with Crippen LogP contribution < -0.4 is 4.74 Å². The standard InChI is InChI=1S/C25H28FN3O3/c1-18-27-10-11-29(18)22-6-4-19(5-7-22)17-32-23-15-20(14-21(26)16-23)25(24(30)28(2)3)8-12-31-13-9-25/h4-7,10-11,14-16H,8-9,12-13,17H2,1-3H3. The summed E-state index contributed by atoms with van der Waals surface area (Å²) in [6.07, 6.45) is 4.71. The van der Waals surface area contributed by atoms with Gasteiger partial charge in [0.05, 0.1) is 5.41 Å². The van der Waals surface area contributed by atoms with Gasteiger partial charge in [-0.3, -0.25) is 4.79 Å². The zero-order valence-electron chi connectivity index (χ0n) is 18.7. The third-order valence-electron chi connectivity index (χ3n) is 6.03. The van der Waals surface area contributed by atoms with E-state index in [2.05, 4.69) is 4.98 Å². The van der Waals surface area contributed by atoms with E-state index in [-0.39, 0.29) is 5.91 Å². The lowest BCUT2D eigenvalue weighted by Gasteiger charge is -2.38. The summed E-state index contributed by atoms with van der Waals surface area (Å²) >= 11 is 0. The molecule has 0 unspecified atom stereocenters. The molecule has 1 saturated heterocycles. The Bertz CT molecular complexity index is 1090. The number of carbonyl (C=O) groups excluding carboxylic acids is 1. The van der Waals surface area contributed by atoms with Gasteiger partial charge >= 0.3 is 0 Å². The van der Waals surface area contributed by atoms with Gasteiger partial charge in [-0.05, 0) is 55.2 Å². The smallest absolute Gasteiger partial charge is 0.232 e. The van der Waals surface area contributed by atoms with Crippen LogP contribution in [0.5, 0.6) is 5.75 Å². The number of ether oxygens (including phenoxy) is 2. The van der Waals surface area contributed by atoms with Gasteiger partial charge in [-0.15, -0.1) is 0 Å². The van der Waals surface area contributed by atoms with Crippen molar-refractivity contribution in [2.24, 2.45) is 0 Å². The molecule has 7 heteroatoms. The maximum atomic E-state index is 14.5. The van der Waals surface area contributed by atoms with Gasteiger partial charge in [-0.2, -0.15) is 0 Å². The van der Waals surface area contributed by atoms with Crippen molar-refractivity contribution in [3.8, 4) is 11.4 Å². The van der Waals surface area contributed by atoms with Gasteiger partial charge in [0.25, 0.3) is 0 Å². The highest BCUT2D eigenvalue weighted by atomic mass is 19.1. The van der Waals surface area contributed by atoms with Crippen LogP contribution in [0.1, 0.15) is 29.8 Å². The summed E-state index contributed by atoms with van der Waals surface area (Å²) < 4.78 is 28.0. The fourth-order valence-corrected chi connectivity index (χ4v) is 4.27. The number of halogens is 1. The number of rotatable bonds is 6. The molecule has 32 heavy (non-hydrogen) atoms. The normalized spacial score (nSPS) is 15.4. The fourth-order valence-electron chi connectivity index (χ4n) is 4.27. The molecule has 2 aromatic carbocycles. The summed E-state index contributed by atoms with van der Waals surface area (Å²) in [4.78, 5) is 18.9. The lowest BCUT2D eigenvalue weighted by Crippen LogP contribution is -2.47. The molecule has 0 bridgehead atoms. The van der Waals surface area contributed by atoms with Crippen LogP contribution >= 0.6 is 0 Å². The predicted octanol–water partition coefficient (Wildman–Crippen LogP) is 4.04. The number of benzene rings is 2. The van der Waals surface area contributed by atoms with E-state index in [4.69, 9.17) is 9.47 Å². The fraction of sp³-hybridized carbons (Fsp3) is 0.360. The Kier molecular flexibility index (Phi) is 6.28. The molecule has 0 aliphatic carbocycles. The molecule has 2 heterocycles. The molecule has 0 saturated carbocycles. The number of likely N-dealkylation sites (N-methyl/N-ethyl adjacent to an activating group) is 1. The van der Waals surface area contributed by atoms with Gasteiger partial charge in [-0.25, -0.2) is 9.37 Å². The quantitative estimate of drug-likeness (QED) is 0.584. The molecule has 0 N–H and O–H groups in total. The first-order valence-electron chi connectivity index (χ1n) is 10.7. The maximum Gasteiger partial charge on any atom is 0.232 e. The van der Waals surface area contributed by atoms with Crippen molar-refractivity contribution in [3.05, 3.63) is 77.6 Å². The maximum absolute atomic E-state index is 14.5. The van der Waals surface area contributed by atoms with E-state index in [0.29, 0.717) is 44.0 Å². The number of aromatic nitrogens is 2. The van der Waals surface area contributed by atoms with Crippen molar-refractivity contribution in [2.75, 3.05) is 27.3 Å². The van der Waals surface area contributed by atoms with Crippen LogP contribution in [0.15, 0.2) is 54.9 Å². The molecule has 6 nitrogen and oxygen atoms in total. The zero-order chi connectivity index (χ0) is 22.7. The molecule has 1 aromatic heterocycles. The molecule has 1 aliphatic rings. The SMILES string of the molecule is Cc1nccn1-c1ccc(COc2cc(F)cc(C3(C(=O)N(C)C)CCOCC3)c2)cc1.